The molecule has 30 heavy (non-hydrogen) atoms. The van der Waals surface area contributed by atoms with Crippen LogP contribution in [0, 0.1) is 0 Å². The van der Waals surface area contributed by atoms with E-state index in [4.69, 9.17) is 0 Å². The molecule has 0 radical (unpaired) electrons. The first-order valence-electron chi connectivity index (χ1n) is 9.57. The SMILES string of the molecule is CN(C)c1ccc(C(=C2C=CC(=[N+](C)C)C=C2)c2ccc(N(C)C)cc2)cc1.O.[Cl-]. The second kappa shape index (κ2) is 10.8. The first kappa shape index (κ1) is 25.2. The van der Waals surface area contributed by atoms with Crippen molar-refractivity contribution >= 4 is 22.7 Å². The second-order valence-electron chi connectivity index (χ2n) is 7.70. The average Bonchev–Trinajstić information content (AvgIpc) is 2.69. The largest absolute Gasteiger partial charge is 1.00 e. The first-order chi connectivity index (χ1) is 13.4. The Morgan fingerprint density at radius 1 is 0.633 bits per heavy atom. The predicted molar refractivity (Wildman–Crippen MR) is 127 cm³/mol. The zero-order valence-corrected chi connectivity index (χ0v) is 19.4. The molecule has 0 heterocycles. The van der Waals surface area contributed by atoms with Crippen molar-refractivity contribution < 1.29 is 22.5 Å². The smallest absolute Gasteiger partial charge is 0.199 e. The van der Waals surface area contributed by atoms with Crippen LogP contribution < -0.4 is 22.2 Å². The number of benzene rings is 2. The predicted octanol–water partition coefficient (Wildman–Crippen LogP) is 0.639. The van der Waals surface area contributed by atoms with E-state index in [9.17, 15) is 0 Å². The van der Waals surface area contributed by atoms with Crippen molar-refractivity contribution in [2.45, 2.75) is 0 Å². The normalized spacial score (nSPS) is 12.1. The number of rotatable bonds is 4. The van der Waals surface area contributed by atoms with Gasteiger partial charge in [0.2, 0.25) is 0 Å². The minimum atomic E-state index is 0. The zero-order chi connectivity index (χ0) is 20.3. The molecule has 0 saturated heterocycles. The van der Waals surface area contributed by atoms with E-state index in [2.05, 4.69) is 129 Å². The summed E-state index contributed by atoms with van der Waals surface area (Å²) in [5.41, 5.74) is 8.53. The zero-order valence-electron chi connectivity index (χ0n) is 18.6. The van der Waals surface area contributed by atoms with Crippen LogP contribution >= 0.6 is 0 Å². The van der Waals surface area contributed by atoms with E-state index in [-0.39, 0.29) is 17.9 Å². The Balaban J connectivity index is 0.00000225. The molecule has 0 aliphatic heterocycles. The quantitative estimate of drug-likeness (QED) is 0.674. The third-order valence-electron chi connectivity index (χ3n) is 5.02. The van der Waals surface area contributed by atoms with E-state index in [1.165, 1.54) is 39.4 Å². The molecule has 0 unspecified atom stereocenters. The number of nitrogens with zero attached hydrogens (tertiary/aromatic N) is 3. The molecule has 160 valence electrons. The second-order valence-corrected chi connectivity index (χ2v) is 7.70. The Hall–Kier alpha value is -2.82. The molecule has 2 N–H and O–H groups in total. The van der Waals surface area contributed by atoms with Crippen molar-refractivity contribution in [1.82, 2.24) is 0 Å². The van der Waals surface area contributed by atoms with Crippen LogP contribution in [0.1, 0.15) is 11.1 Å². The molecule has 0 amide bonds. The Kier molecular flexibility index (Phi) is 9.09. The summed E-state index contributed by atoms with van der Waals surface area (Å²) in [7, 11) is 12.4. The van der Waals surface area contributed by atoms with Crippen LogP contribution in [0.3, 0.4) is 0 Å². The summed E-state index contributed by atoms with van der Waals surface area (Å²) in [5.74, 6) is 0. The lowest BCUT2D eigenvalue weighted by Crippen LogP contribution is -3.00. The topological polar surface area (TPSA) is 41.0 Å². The van der Waals surface area contributed by atoms with Gasteiger partial charge in [-0.25, -0.2) is 4.58 Å². The Bertz CT molecular complexity index is 891. The molecule has 0 aromatic heterocycles. The Morgan fingerprint density at radius 2 is 1.00 bits per heavy atom. The highest BCUT2D eigenvalue weighted by molar-refractivity contribution is 6.04. The molecule has 0 saturated carbocycles. The van der Waals surface area contributed by atoms with Crippen molar-refractivity contribution in [2.75, 3.05) is 52.1 Å². The molecule has 1 aliphatic rings. The first-order valence-corrected chi connectivity index (χ1v) is 9.57. The third kappa shape index (κ3) is 5.62. The maximum atomic E-state index is 2.21. The fourth-order valence-electron chi connectivity index (χ4n) is 3.28. The maximum Gasteiger partial charge on any atom is 0.199 e. The Labute approximate surface area is 186 Å². The van der Waals surface area contributed by atoms with Gasteiger partial charge in [0, 0.05) is 51.7 Å². The summed E-state index contributed by atoms with van der Waals surface area (Å²) in [6, 6.07) is 17.6. The van der Waals surface area contributed by atoms with Crippen LogP contribution in [-0.4, -0.2) is 58.0 Å². The molecule has 0 bridgehead atoms. The minimum absolute atomic E-state index is 0. The highest BCUT2D eigenvalue weighted by atomic mass is 35.5. The maximum absolute atomic E-state index is 2.21. The molecular formula is C25H32ClN3O. The average molecular weight is 426 g/mol. The van der Waals surface area contributed by atoms with E-state index in [1.807, 2.05) is 0 Å². The van der Waals surface area contributed by atoms with Crippen LogP contribution in [0.15, 0.2) is 78.4 Å². The van der Waals surface area contributed by atoms with Gasteiger partial charge in [0.25, 0.3) is 0 Å². The van der Waals surface area contributed by atoms with Gasteiger partial charge < -0.3 is 27.7 Å². The third-order valence-corrected chi connectivity index (χ3v) is 5.02. The van der Waals surface area contributed by atoms with Gasteiger partial charge in [0.1, 0.15) is 14.1 Å². The Morgan fingerprint density at radius 3 is 1.30 bits per heavy atom. The molecular weight excluding hydrogens is 394 g/mol. The van der Waals surface area contributed by atoms with Gasteiger partial charge in [-0.3, -0.25) is 0 Å². The molecule has 3 rings (SSSR count). The van der Waals surface area contributed by atoms with Crippen molar-refractivity contribution in [2.24, 2.45) is 0 Å². The van der Waals surface area contributed by atoms with Gasteiger partial charge in [-0.15, -0.1) is 0 Å². The van der Waals surface area contributed by atoms with Crippen LogP contribution in [0.2, 0.25) is 0 Å². The molecule has 2 aromatic rings. The lowest BCUT2D eigenvalue weighted by Gasteiger charge is -2.18. The van der Waals surface area contributed by atoms with Crippen LogP contribution in [0.5, 0.6) is 0 Å². The molecule has 5 heteroatoms. The highest BCUT2D eigenvalue weighted by Gasteiger charge is 2.13. The number of halogens is 1. The van der Waals surface area contributed by atoms with Gasteiger partial charge in [0.15, 0.2) is 5.71 Å². The molecule has 0 spiro atoms. The van der Waals surface area contributed by atoms with E-state index in [0.717, 1.165) is 0 Å². The van der Waals surface area contributed by atoms with E-state index in [1.54, 1.807) is 0 Å². The molecule has 2 aromatic carbocycles. The monoisotopic (exact) mass is 425 g/mol. The van der Waals surface area contributed by atoms with E-state index in [0.29, 0.717) is 0 Å². The van der Waals surface area contributed by atoms with Gasteiger partial charge in [-0.1, -0.05) is 24.3 Å². The van der Waals surface area contributed by atoms with Gasteiger partial charge in [0.05, 0.1) is 0 Å². The minimum Gasteiger partial charge on any atom is -1.00 e. The standard InChI is InChI=1S/C25H30N3.ClH.H2O/c1-26(2)22-13-7-19(8-14-22)25(20-9-15-23(16-10-20)27(3)4)21-11-17-24(18-12-21)28(5)6;;/h7-18H,1-6H3;1H;1H2/q+1;;/p-1. The van der Waals surface area contributed by atoms with Crippen molar-refractivity contribution in [3.05, 3.63) is 89.5 Å². The summed E-state index contributed by atoms with van der Waals surface area (Å²) in [6.07, 6.45) is 8.78. The molecule has 0 atom stereocenters. The van der Waals surface area contributed by atoms with Crippen LogP contribution in [0.4, 0.5) is 11.4 Å². The highest BCUT2D eigenvalue weighted by Crippen LogP contribution is 2.31. The van der Waals surface area contributed by atoms with E-state index < -0.39 is 0 Å². The van der Waals surface area contributed by atoms with Crippen LogP contribution in [-0.2, 0) is 0 Å². The van der Waals surface area contributed by atoms with Gasteiger partial charge in [-0.2, -0.15) is 0 Å². The number of hydrogen-bond acceptors (Lipinski definition) is 2. The number of allylic oxidation sites excluding steroid dienone is 5. The van der Waals surface area contributed by atoms with Crippen LogP contribution in [0.25, 0.3) is 5.57 Å². The molecule has 4 nitrogen and oxygen atoms in total. The van der Waals surface area contributed by atoms with E-state index >= 15 is 0 Å². The summed E-state index contributed by atoms with van der Waals surface area (Å²) < 4.78 is 2.13. The summed E-state index contributed by atoms with van der Waals surface area (Å²) >= 11 is 0. The van der Waals surface area contributed by atoms with Crippen molar-refractivity contribution in [3.63, 3.8) is 0 Å². The van der Waals surface area contributed by atoms with Gasteiger partial charge >= 0.3 is 0 Å². The molecule has 0 fully saturated rings. The fourth-order valence-corrected chi connectivity index (χ4v) is 3.28. The number of hydrogen-bond donors (Lipinski definition) is 0. The summed E-state index contributed by atoms with van der Waals surface area (Å²) in [6.45, 7) is 0. The lowest BCUT2D eigenvalue weighted by atomic mass is 9.90. The summed E-state index contributed by atoms with van der Waals surface area (Å²) in [5, 5.41) is 0. The lowest BCUT2D eigenvalue weighted by molar-refractivity contribution is -0.462. The van der Waals surface area contributed by atoms with Crippen molar-refractivity contribution in [1.29, 1.82) is 0 Å². The summed E-state index contributed by atoms with van der Waals surface area (Å²) in [4.78, 5) is 4.25. The van der Waals surface area contributed by atoms with Gasteiger partial charge in [-0.05, 0) is 58.7 Å². The molecule has 1 aliphatic carbocycles. The fraction of sp³-hybridized carbons (Fsp3) is 0.240. The number of anilines is 2. The van der Waals surface area contributed by atoms with Crippen molar-refractivity contribution in [3.8, 4) is 0 Å².